The van der Waals surface area contributed by atoms with E-state index in [2.05, 4.69) is 20.4 Å². The number of carbonyl (C=O) groups excluding carboxylic acids is 1. The zero-order valence-corrected chi connectivity index (χ0v) is 14.2. The van der Waals surface area contributed by atoms with Crippen LogP contribution in [0.5, 0.6) is 0 Å². The van der Waals surface area contributed by atoms with Crippen molar-refractivity contribution in [1.29, 1.82) is 0 Å². The molecular formula is C16H17F3N6O. The van der Waals surface area contributed by atoms with Crippen molar-refractivity contribution in [2.45, 2.75) is 26.6 Å². The summed E-state index contributed by atoms with van der Waals surface area (Å²) < 4.78 is 41.5. The predicted molar refractivity (Wildman–Crippen MR) is 86.5 cm³/mol. The number of carbonyl (C=O) groups is 1. The van der Waals surface area contributed by atoms with Crippen LogP contribution in [0.15, 0.2) is 30.7 Å². The molecule has 0 bridgehead atoms. The lowest BCUT2D eigenvalue weighted by atomic mass is 10.2. The van der Waals surface area contributed by atoms with Gasteiger partial charge in [0.15, 0.2) is 0 Å². The Kier molecular flexibility index (Phi) is 4.66. The van der Waals surface area contributed by atoms with Crippen molar-refractivity contribution < 1.29 is 18.0 Å². The minimum absolute atomic E-state index is 0.0374. The van der Waals surface area contributed by atoms with Crippen molar-refractivity contribution in [2.75, 3.05) is 6.54 Å². The molecule has 0 radical (unpaired) electrons. The van der Waals surface area contributed by atoms with Gasteiger partial charge in [0.1, 0.15) is 11.4 Å². The normalized spacial score (nSPS) is 13.1. The Morgan fingerprint density at radius 1 is 1.38 bits per heavy atom. The van der Waals surface area contributed by atoms with Crippen LogP contribution in [0.2, 0.25) is 0 Å². The third-order valence-electron chi connectivity index (χ3n) is 3.76. The quantitative estimate of drug-likeness (QED) is 0.752. The molecule has 0 aliphatic carbocycles. The minimum Gasteiger partial charge on any atom is -0.350 e. The first-order valence-corrected chi connectivity index (χ1v) is 7.93. The topological polar surface area (TPSA) is 77.1 Å². The van der Waals surface area contributed by atoms with Gasteiger partial charge in [-0.3, -0.25) is 13.9 Å². The Labute approximate surface area is 146 Å². The van der Waals surface area contributed by atoms with Gasteiger partial charge >= 0.3 is 6.18 Å². The summed E-state index contributed by atoms with van der Waals surface area (Å²) in [7, 11) is 0. The summed E-state index contributed by atoms with van der Waals surface area (Å²) >= 11 is 0. The maximum absolute atomic E-state index is 13.0. The zero-order chi connectivity index (χ0) is 18.9. The molecule has 7 nitrogen and oxygen atoms in total. The molecule has 3 heterocycles. The van der Waals surface area contributed by atoms with Crippen molar-refractivity contribution in [3.63, 3.8) is 0 Å². The van der Waals surface area contributed by atoms with Gasteiger partial charge in [0.25, 0.3) is 5.91 Å². The first-order chi connectivity index (χ1) is 12.2. The summed E-state index contributed by atoms with van der Waals surface area (Å²) in [6, 6.07) is 2.72. The van der Waals surface area contributed by atoms with E-state index in [1.165, 1.54) is 6.92 Å². The number of rotatable bonds is 5. The number of hydrogen-bond donors (Lipinski definition) is 1. The van der Waals surface area contributed by atoms with Gasteiger partial charge in [-0.05, 0) is 25.0 Å². The summed E-state index contributed by atoms with van der Waals surface area (Å²) in [5.74, 6) is -0.267. The summed E-state index contributed by atoms with van der Waals surface area (Å²) in [6.45, 7) is 3.48. The lowest BCUT2D eigenvalue weighted by Gasteiger charge is -2.15. The average molecular weight is 366 g/mol. The van der Waals surface area contributed by atoms with Gasteiger partial charge < -0.3 is 5.32 Å². The molecular weight excluding hydrogens is 349 g/mol. The largest absolute Gasteiger partial charge is 0.433 e. The maximum Gasteiger partial charge on any atom is 0.433 e. The lowest BCUT2D eigenvalue weighted by Crippen LogP contribution is -2.31. The van der Waals surface area contributed by atoms with Gasteiger partial charge in [-0.25, -0.2) is 9.97 Å². The van der Waals surface area contributed by atoms with E-state index in [1.54, 1.807) is 36.0 Å². The van der Waals surface area contributed by atoms with Crippen LogP contribution in [-0.2, 0) is 12.7 Å². The highest BCUT2D eigenvalue weighted by Gasteiger charge is 2.35. The Morgan fingerprint density at radius 3 is 2.85 bits per heavy atom. The summed E-state index contributed by atoms with van der Waals surface area (Å²) in [6.07, 6.45) is 0.360. The molecule has 26 heavy (non-hydrogen) atoms. The second kappa shape index (κ2) is 6.77. The van der Waals surface area contributed by atoms with E-state index in [4.69, 9.17) is 0 Å². The molecule has 1 unspecified atom stereocenters. The Hall–Kier alpha value is -2.91. The van der Waals surface area contributed by atoms with Gasteiger partial charge in [-0.15, -0.1) is 0 Å². The first-order valence-electron chi connectivity index (χ1n) is 7.93. The number of imidazole rings is 1. The van der Waals surface area contributed by atoms with E-state index in [-0.39, 0.29) is 24.7 Å². The van der Waals surface area contributed by atoms with Gasteiger partial charge in [0.2, 0.25) is 5.78 Å². The molecule has 1 amide bonds. The maximum atomic E-state index is 13.0. The molecule has 3 aromatic heterocycles. The fourth-order valence-corrected chi connectivity index (χ4v) is 2.57. The van der Waals surface area contributed by atoms with E-state index >= 15 is 0 Å². The smallest absolute Gasteiger partial charge is 0.350 e. The SMILES string of the molecule is Cc1cc(C(F)(F)F)n(CC(C)CNC(=O)c2cn3cccnc3n2)n1. The van der Waals surface area contributed by atoms with Crippen molar-refractivity contribution in [3.8, 4) is 0 Å². The average Bonchev–Trinajstić information content (AvgIpc) is 3.15. The van der Waals surface area contributed by atoms with Gasteiger partial charge in [-0.1, -0.05) is 6.92 Å². The molecule has 0 saturated carbocycles. The number of nitrogens with one attached hydrogen (secondary N) is 1. The highest BCUT2D eigenvalue weighted by Crippen LogP contribution is 2.30. The highest BCUT2D eigenvalue weighted by atomic mass is 19.4. The number of alkyl halides is 3. The molecule has 1 N–H and O–H groups in total. The van der Waals surface area contributed by atoms with E-state index in [0.29, 0.717) is 11.5 Å². The Balaban J connectivity index is 1.62. The van der Waals surface area contributed by atoms with E-state index in [1.807, 2.05) is 0 Å². The lowest BCUT2D eigenvalue weighted by molar-refractivity contribution is -0.144. The van der Waals surface area contributed by atoms with Crippen LogP contribution in [0.4, 0.5) is 13.2 Å². The Morgan fingerprint density at radius 2 is 2.15 bits per heavy atom. The fraction of sp³-hybridized carbons (Fsp3) is 0.375. The van der Waals surface area contributed by atoms with Crippen molar-refractivity contribution in [1.82, 2.24) is 29.5 Å². The first kappa shape index (κ1) is 17.9. The van der Waals surface area contributed by atoms with Crippen molar-refractivity contribution >= 4 is 11.7 Å². The standard InChI is InChI=1S/C16H17F3N6O/c1-10(8-25-13(16(17,18)19)6-11(2)23-25)7-21-14(26)12-9-24-5-3-4-20-15(24)22-12/h3-6,9-10H,7-8H2,1-2H3,(H,21,26). The fourth-order valence-electron chi connectivity index (χ4n) is 2.57. The third-order valence-corrected chi connectivity index (χ3v) is 3.76. The molecule has 138 valence electrons. The summed E-state index contributed by atoms with van der Waals surface area (Å²) in [5.41, 5.74) is -0.299. The zero-order valence-electron chi connectivity index (χ0n) is 14.2. The molecule has 1 atom stereocenters. The van der Waals surface area contributed by atoms with Gasteiger partial charge in [0, 0.05) is 31.7 Å². The summed E-state index contributed by atoms with van der Waals surface area (Å²) in [4.78, 5) is 20.3. The van der Waals surface area contributed by atoms with Crippen LogP contribution >= 0.6 is 0 Å². The third kappa shape index (κ3) is 3.84. The highest BCUT2D eigenvalue weighted by molar-refractivity contribution is 5.92. The molecule has 0 aromatic carbocycles. The van der Waals surface area contributed by atoms with Crippen molar-refractivity contribution in [3.05, 3.63) is 47.8 Å². The van der Waals surface area contributed by atoms with Crippen LogP contribution < -0.4 is 5.32 Å². The van der Waals surface area contributed by atoms with Crippen LogP contribution in [-0.4, -0.2) is 36.6 Å². The number of hydrogen-bond acceptors (Lipinski definition) is 4. The van der Waals surface area contributed by atoms with Gasteiger partial charge in [0.05, 0.1) is 5.69 Å². The molecule has 0 aliphatic rings. The van der Waals surface area contributed by atoms with E-state index in [0.717, 1.165) is 10.7 Å². The molecule has 3 aromatic rings. The monoisotopic (exact) mass is 366 g/mol. The number of fused-ring (bicyclic) bond motifs is 1. The molecule has 3 rings (SSSR count). The van der Waals surface area contributed by atoms with Crippen molar-refractivity contribution in [2.24, 2.45) is 5.92 Å². The number of amides is 1. The number of halogens is 3. The number of aromatic nitrogens is 5. The van der Waals surface area contributed by atoms with Gasteiger partial charge in [-0.2, -0.15) is 18.3 Å². The minimum atomic E-state index is -4.46. The molecule has 10 heteroatoms. The molecule has 0 spiro atoms. The van der Waals surface area contributed by atoms with E-state index < -0.39 is 17.8 Å². The Bertz CT molecular complexity index is 897. The molecule has 0 aliphatic heterocycles. The predicted octanol–water partition coefficient (Wildman–Crippen LogP) is 2.32. The van der Waals surface area contributed by atoms with E-state index in [9.17, 15) is 18.0 Å². The second-order valence-corrected chi connectivity index (χ2v) is 6.12. The van der Waals surface area contributed by atoms with Crippen LogP contribution in [0.25, 0.3) is 5.78 Å². The van der Waals surface area contributed by atoms with Crippen LogP contribution in [0.1, 0.15) is 28.8 Å². The number of aryl methyl sites for hydroxylation is 1. The summed E-state index contributed by atoms with van der Waals surface area (Å²) in [5, 5.41) is 6.57. The second-order valence-electron chi connectivity index (χ2n) is 6.12. The van der Waals surface area contributed by atoms with Crippen LogP contribution in [0, 0.1) is 12.8 Å². The number of nitrogens with zero attached hydrogens (tertiary/aromatic N) is 5. The molecule has 0 saturated heterocycles. The molecule has 0 fully saturated rings. The van der Waals surface area contributed by atoms with Crippen LogP contribution in [0.3, 0.4) is 0 Å².